The summed E-state index contributed by atoms with van der Waals surface area (Å²) in [4.78, 5) is 74.2. The van der Waals surface area contributed by atoms with Crippen molar-refractivity contribution in [2.75, 3.05) is 14.2 Å². The van der Waals surface area contributed by atoms with E-state index in [2.05, 4.69) is 16.0 Å². The lowest BCUT2D eigenvalue weighted by molar-refractivity contribution is -0.137. The van der Waals surface area contributed by atoms with Crippen molar-refractivity contribution in [3.05, 3.63) is 114 Å². The standard InChI is InChI=1S/C23H24N2O4S.C20H19NO5S/c1-11-19(13(3)26)21(20(12(2)24-11)23(28)29-4)17-10-30-18-8-5-14(9-16(17)18)22(27)25-15-6-7-15;1-9-16(11(3)22)18(17(10(2)21-9)20(25)26-4)14-8-27-15-6-5-12(19(23)24)7-13(14)15/h5,8-10,15,21,24H,6-7H2,1-4H3,(H,25,27);5-8,18,21H,1-4H3,(H,23,24). The van der Waals surface area contributed by atoms with E-state index in [9.17, 15) is 33.9 Å². The Morgan fingerprint density at radius 2 is 1.05 bits per heavy atom. The predicted octanol–water partition coefficient (Wildman–Crippen LogP) is 7.39. The third-order valence-corrected chi connectivity index (χ3v) is 12.3. The normalized spacial score (nSPS) is 18.1. The first-order valence-corrected chi connectivity index (χ1v) is 20.0. The monoisotopic (exact) mass is 809 g/mol. The molecule has 3 aliphatic rings. The number of Topliss-reactive ketones (excluding diaryl/α,β-unsaturated/α-hetero) is 2. The average Bonchev–Trinajstić information content (AvgIpc) is 3.72. The smallest absolute Gasteiger partial charge is 0.336 e. The van der Waals surface area contributed by atoms with Crippen LogP contribution in [-0.2, 0) is 28.7 Å². The molecule has 1 amide bonds. The molecule has 0 bridgehead atoms. The number of allylic oxidation sites excluding steroid dienone is 6. The topological polar surface area (TPSA) is 177 Å². The average molecular weight is 810 g/mol. The quantitative estimate of drug-likeness (QED) is 0.124. The molecule has 57 heavy (non-hydrogen) atoms. The molecule has 0 radical (unpaired) electrons. The van der Waals surface area contributed by atoms with E-state index in [0.717, 1.165) is 44.5 Å². The Balaban J connectivity index is 0.000000194. The van der Waals surface area contributed by atoms with Crippen LogP contribution >= 0.6 is 22.7 Å². The van der Waals surface area contributed by atoms with Crippen molar-refractivity contribution in [3.8, 4) is 0 Å². The molecule has 1 fully saturated rings. The summed E-state index contributed by atoms with van der Waals surface area (Å²) in [6.45, 7) is 10.2. The number of fused-ring (bicyclic) bond motifs is 2. The van der Waals surface area contributed by atoms with E-state index in [1.165, 1.54) is 50.7 Å². The van der Waals surface area contributed by atoms with Crippen LogP contribution in [0.15, 0.2) is 92.2 Å². The molecule has 1 saturated carbocycles. The van der Waals surface area contributed by atoms with Crippen molar-refractivity contribution in [2.24, 2.45) is 0 Å². The zero-order valence-electron chi connectivity index (χ0n) is 32.8. The van der Waals surface area contributed by atoms with Crippen LogP contribution in [0.4, 0.5) is 0 Å². The van der Waals surface area contributed by atoms with Gasteiger partial charge < -0.3 is 30.5 Å². The minimum Gasteiger partial charge on any atom is -0.478 e. The third-order valence-electron chi connectivity index (χ3n) is 10.3. The number of rotatable bonds is 9. The van der Waals surface area contributed by atoms with Crippen LogP contribution in [0.25, 0.3) is 20.2 Å². The van der Waals surface area contributed by atoms with Gasteiger partial charge in [-0.1, -0.05) is 0 Å². The number of ketones is 2. The van der Waals surface area contributed by atoms with Crippen molar-refractivity contribution in [2.45, 2.75) is 72.3 Å². The van der Waals surface area contributed by atoms with Gasteiger partial charge in [-0.3, -0.25) is 14.4 Å². The second-order valence-corrected chi connectivity index (χ2v) is 16.0. The van der Waals surface area contributed by atoms with E-state index in [0.29, 0.717) is 50.3 Å². The second-order valence-electron chi connectivity index (χ2n) is 14.2. The van der Waals surface area contributed by atoms with E-state index in [4.69, 9.17) is 9.47 Å². The molecule has 7 rings (SSSR count). The number of hydrogen-bond donors (Lipinski definition) is 4. The lowest BCUT2D eigenvalue weighted by atomic mass is 9.79. The van der Waals surface area contributed by atoms with Gasteiger partial charge in [0.05, 0.1) is 30.9 Å². The van der Waals surface area contributed by atoms with Gasteiger partial charge in [0, 0.05) is 66.8 Å². The molecule has 2 aliphatic heterocycles. The molecule has 12 nitrogen and oxygen atoms in total. The Hall–Kier alpha value is -5.86. The zero-order valence-corrected chi connectivity index (χ0v) is 34.4. The first kappa shape index (κ1) is 40.8. The maximum Gasteiger partial charge on any atom is 0.336 e. The van der Waals surface area contributed by atoms with Crippen LogP contribution < -0.4 is 16.0 Å². The number of methoxy groups -OCH3 is 2. The number of carboxylic acid groups (broad SMARTS) is 1. The Morgan fingerprint density at radius 3 is 1.44 bits per heavy atom. The van der Waals surface area contributed by atoms with Crippen molar-refractivity contribution >= 4 is 78.2 Å². The van der Waals surface area contributed by atoms with Gasteiger partial charge in [0.15, 0.2) is 11.6 Å². The number of amides is 1. The number of thiophene rings is 2. The number of hydrogen-bond acceptors (Lipinski definition) is 12. The number of ether oxygens (including phenoxy) is 2. The number of benzene rings is 2. The molecule has 4 heterocycles. The van der Waals surface area contributed by atoms with Crippen LogP contribution in [0.3, 0.4) is 0 Å². The second kappa shape index (κ2) is 16.3. The molecular formula is C43H43N3O9S2. The first-order chi connectivity index (χ1) is 27.1. The fraction of sp³-hybridized carbons (Fsp3) is 0.302. The van der Waals surface area contributed by atoms with Crippen molar-refractivity contribution in [3.63, 3.8) is 0 Å². The van der Waals surface area contributed by atoms with E-state index in [-0.39, 0.29) is 29.1 Å². The Kier molecular flexibility index (Phi) is 11.7. The van der Waals surface area contributed by atoms with E-state index >= 15 is 0 Å². The van der Waals surface area contributed by atoms with Gasteiger partial charge in [-0.2, -0.15) is 0 Å². The van der Waals surface area contributed by atoms with Crippen LogP contribution in [0.2, 0.25) is 0 Å². The number of aromatic carboxylic acids is 1. The molecule has 0 saturated heterocycles. The summed E-state index contributed by atoms with van der Waals surface area (Å²) < 4.78 is 11.9. The van der Waals surface area contributed by atoms with Crippen LogP contribution in [0.1, 0.15) is 98.1 Å². The van der Waals surface area contributed by atoms with E-state index in [1.807, 2.05) is 42.8 Å². The number of carbonyl (C=O) groups excluding carboxylic acids is 5. The number of carboxylic acids is 1. The largest absolute Gasteiger partial charge is 0.478 e. The first-order valence-electron chi connectivity index (χ1n) is 18.2. The van der Waals surface area contributed by atoms with Crippen molar-refractivity contribution < 1.29 is 43.3 Å². The summed E-state index contributed by atoms with van der Waals surface area (Å²) in [7, 11) is 2.64. The summed E-state index contributed by atoms with van der Waals surface area (Å²) in [5.74, 6) is -3.56. The highest BCUT2D eigenvalue weighted by atomic mass is 32.1. The van der Waals surface area contributed by atoms with E-state index in [1.54, 1.807) is 32.0 Å². The highest BCUT2D eigenvalue weighted by molar-refractivity contribution is 7.17. The molecule has 2 aromatic carbocycles. The SMILES string of the molecule is COC(=O)C1=C(C)NC(C)=C(C(C)=O)C1c1csc2ccc(C(=O)NC3CC3)cc12.COC(=O)C1=C(C)NC(C)=C(C(C)=O)C1c1csc2ccc(C(=O)O)cc12. The van der Waals surface area contributed by atoms with Crippen molar-refractivity contribution in [1.82, 2.24) is 16.0 Å². The van der Waals surface area contributed by atoms with E-state index < -0.39 is 29.7 Å². The molecule has 1 aliphatic carbocycles. The van der Waals surface area contributed by atoms with Gasteiger partial charge >= 0.3 is 17.9 Å². The van der Waals surface area contributed by atoms with Crippen LogP contribution in [0, 0.1) is 0 Å². The lowest BCUT2D eigenvalue weighted by Gasteiger charge is -2.30. The Labute approximate surface area is 337 Å². The maximum atomic E-state index is 12.7. The fourth-order valence-electron chi connectivity index (χ4n) is 7.62. The molecule has 2 atom stereocenters. The zero-order chi connectivity index (χ0) is 41.5. The van der Waals surface area contributed by atoms with Gasteiger partial charge in [0.25, 0.3) is 5.91 Å². The minimum absolute atomic E-state index is 0.0970. The lowest BCUT2D eigenvalue weighted by Crippen LogP contribution is -2.30. The predicted molar refractivity (Wildman–Crippen MR) is 219 cm³/mol. The summed E-state index contributed by atoms with van der Waals surface area (Å²) in [6.07, 6.45) is 2.04. The Morgan fingerprint density at radius 1 is 0.649 bits per heavy atom. The third kappa shape index (κ3) is 7.92. The van der Waals surface area contributed by atoms with Gasteiger partial charge in [0.1, 0.15) is 0 Å². The summed E-state index contributed by atoms with van der Waals surface area (Å²) in [5.41, 5.74) is 6.75. The molecule has 2 aromatic heterocycles. The number of nitrogens with one attached hydrogen (secondary N) is 3. The molecular weight excluding hydrogens is 767 g/mol. The molecule has 296 valence electrons. The number of esters is 2. The Bertz CT molecular complexity index is 2530. The number of carbonyl (C=O) groups is 6. The van der Waals surface area contributed by atoms with Crippen LogP contribution in [0.5, 0.6) is 0 Å². The van der Waals surface area contributed by atoms with Crippen molar-refractivity contribution in [1.29, 1.82) is 0 Å². The highest BCUT2D eigenvalue weighted by Crippen LogP contribution is 2.45. The highest BCUT2D eigenvalue weighted by Gasteiger charge is 2.38. The maximum absolute atomic E-state index is 12.7. The minimum atomic E-state index is -1.03. The van der Waals surface area contributed by atoms with Gasteiger partial charge in [-0.25, -0.2) is 14.4 Å². The molecule has 0 spiro atoms. The van der Waals surface area contributed by atoms with Gasteiger partial charge in [-0.15, -0.1) is 22.7 Å². The molecule has 4 N–H and O–H groups in total. The van der Waals surface area contributed by atoms with Crippen LogP contribution in [-0.4, -0.2) is 60.7 Å². The fourth-order valence-corrected chi connectivity index (χ4v) is 9.55. The summed E-state index contributed by atoms with van der Waals surface area (Å²) in [6, 6.07) is 10.7. The van der Waals surface area contributed by atoms with Gasteiger partial charge in [-0.05, 0) is 123 Å². The summed E-state index contributed by atoms with van der Waals surface area (Å²) in [5, 5.41) is 24.0. The van der Waals surface area contributed by atoms with Gasteiger partial charge in [0.2, 0.25) is 0 Å². The molecule has 2 unspecified atom stereocenters. The molecule has 4 aromatic rings. The molecule has 14 heteroatoms. The number of dihydropyridines is 2. The summed E-state index contributed by atoms with van der Waals surface area (Å²) >= 11 is 2.97.